The number of nitrogens with one attached hydrogen (secondary N) is 1. The molecule has 0 bridgehead atoms. The van der Waals surface area contributed by atoms with Crippen LogP contribution in [0.3, 0.4) is 0 Å². The molecule has 0 radical (unpaired) electrons. The van der Waals surface area contributed by atoms with Crippen molar-refractivity contribution in [2.45, 2.75) is 20.5 Å². The van der Waals surface area contributed by atoms with Crippen molar-refractivity contribution in [2.75, 3.05) is 5.32 Å². The van der Waals surface area contributed by atoms with Gasteiger partial charge in [-0.1, -0.05) is 50.2 Å². The number of amides is 1. The first-order valence-electron chi connectivity index (χ1n) is 7.18. The number of ether oxygens (including phenoxy) is 1. The number of carbonyl (C=O) groups is 2. The maximum Gasteiger partial charge on any atom is 0.338 e. The van der Waals surface area contributed by atoms with E-state index in [0.29, 0.717) is 11.3 Å². The van der Waals surface area contributed by atoms with E-state index < -0.39 is 5.97 Å². The maximum atomic E-state index is 12.1. The van der Waals surface area contributed by atoms with Crippen LogP contribution in [0.5, 0.6) is 0 Å². The largest absolute Gasteiger partial charge is 0.457 e. The molecule has 0 saturated carbocycles. The maximum absolute atomic E-state index is 12.1. The number of carbonyl (C=O) groups excluding carboxylic acids is 2. The smallest absolute Gasteiger partial charge is 0.338 e. The second kappa shape index (κ2) is 7.41. The number of rotatable bonds is 5. The topological polar surface area (TPSA) is 55.4 Å². The van der Waals surface area contributed by atoms with E-state index in [9.17, 15) is 9.59 Å². The summed E-state index contributed by atoms with van der Waals surface area (Å²) in [6, 6.07) is 16.2. The lowest BCUT2D eigenvalue weighted by molar-refractivity contribution is -0.118. The summed E-state index contributed by atoms with van der Waals surface area (Å²) in [7, 11) is 0. The normalized spacial score (nSPS) is 10.3. The predicted molar refractivity (Wildman–Crippen MR) is 85.5 cm³/mol. The Labute approximate surface area is 130 Å². The fourth-order valence-corrected chi connectivity index (χ4v) is 1.82. The molecule has 0 aliphatic heterocycles. The molecule has 1 N–H and O–H groups in total. The van der Waals surface area contributed by atoms with Crippen LogP contribution >= 0.6 is 0 Å². The molecule has 0 aliphatic rings. The standard InChI is InChI=1S/C18H19NO3/c1-13(2)17(20)19-16-10-6-9-15(11-16)18(21)22-12-14-7-4-3-5-8-14/h3-11,13H,12H2,1-2H3,(H,19,20). The van der Waals surface area contributed by atoms with Crippen molar-refractivity contribution in [3.63, 3.8) is 0 Å². The summed E-state index contributed by atoms with van der Waals surface area (Å²) in [5.74, 6) is -0.618. The Hall–Kier alpha value is -2.62. The third-order valence-electron chi connectivity index (χ3n) is 3.10. The number of benzene rings is 2. The molecule has 22 heavy (non-hydrogen) atoms. The highest BCUT2D eigenvalue weighted by Gasteiger charge is 2.11. The van der Waals surface area contributed by atoms with Gasteiger partial charge >= 0.3 is 5.97 Å². The van der Waals surface area contributed by atoms with Gasteiger partial charge in [0.25, 0.3) is 0 Å². The highest BCUT2D eigenvalue weighted by molar-refractivity contribution is 5.95. The molecule has 0 atom stereocenters. The lowest BCUT2D eigenvalue weighted by Gasteiger charge is -2.09. The van der Waals surface area contributed by atoms with Crippen molar-refractivity contribution in [1.82, 2.24) is 0 Å². The predicted octanol–water partition coefficient (Wildman–Crippen LogP) is 3.64. The molecule has 0 aromatic heterocycles. The molecule has 0 heterocycles. The van der Waals surface area contributed by atoms with Crippen molar-refractivity contribution in [2.24, 2.45) is 5.92 Å². The first kappa shape index (κ1) is 15.8. The molecular weight excluding hydrogens is 278 g/mol. The molecule has 0 saturated heterocycles. The summed E-state index contributed by atoms with van der Waals surface area (Å²) in [4.78, 5) is 23.7. The molecule has 114 valence electrons. The van der Waals surface area contributed by atoms with E-state index >= 15 is 0 Å². The molecule has 0 fully saturated rings. The Bertz CT molecular complexity index is 650. The average Bonchev–Trinajstić information content (AvgIpc) is 2.53. The van der Waals surface area contributed by atoms with E-state index in [4.69, 9.17) is 4.74 Å². The SMILES string of the molecule is CC(C)C(=O)Nc1cccc(C(=O)OCc2ccccc2)c1. The minimum Gasteiger partial charge on any atom is -0.457 e. The molecule has 0 unspecified atom stereocenters. The van der Waals surface area contributed by atoms with Crippen molar-refractivity contribution in [1.29, 1.82) is 0 Å². The fourth-order valence-electron chi connectivity index (χ4n) is 1.82. The van der Waals surface area contributed by atoms with Crippen LogP contribution in [0.1, 0.15) is 29.8 Å². The summed E-state index contributed by atoms with van der Waals surface area (Å²) in [6.07, 6.45) is 0. The Morgan fingerprint density at radius 2 is 1.77 bits per heavy atom. The Kier molecular flexibility index (Phi) is 5.31. The molecule has 1 amide bonds. The summed E-state index contributed by atoms with van der Waals surface area (Å²) in [6.45, 7) is 3.85. The van der Waals surface area contributed by atoms with Crippen LogP contribution in [0.4, 0.5) is 5.69 Å². The first-order chi connectivity index (χ1) is 10.6. The second-order valence-electron chi connectivity index (χ2n) is 5.29. The molecule has 0 spiro atoms. The highest BCUT2D eigenvalue weighted by Crippen LogP contribution is 2.14. The van der Waals surface area contributed by atoms with Gasteiger partial charge in [0.15, 0.2) is 0 Å². The lowest BCUT2D eigenvalue weighted by Crippen LogP contribution is -2.18. The van der Waals surface area contributed by atoms with Crippen LogP contribution in [0, 0.1) is 5.92 Å². The third kappa shape index (κ3) is 4.45. The van der Waals surface area contributed by atoms with Gasteiger partial charge in [0.05, 0.1) is 5.56 Å². The summed E-state index contributed by atoms with van der Waals surface area (Å²) >= 11 is 0. The van der Waals surface area contributed by atoms with Crippen molar-refractivity contribution in [3.8, 4) is 0 Å². The third-order valence-corrected chi connectivity index (χ3v) is 3.10. The van der Waals surface area contributed by atoms with Crippen LogP contribution < -0.4 is 5.32 Å². The average molecular weight is 297 g/mol. The van der Waals surface area contributed by atoms with E-state index in [1.165, 1.54) is 0 Å². The number of anilines is 1. The summed E-state index contributed by atoms with van der Waals surface area (Å²) in [5.41, 5.74) is 1.94. The highest BCUT2D eigenvalue weighted by atomic mass is 16.5. The first-order valence-corrected chi connectivity index (χ1v) is 7.18. The van der Waals surface area contributed by atoms with Crippen LogP contribution in [0.25, 0.3) is 0 Å². The van der Waals surface area contributed by atoms with Gasteiger partial charge < -0.3 is 10.1 Å². The molecule has 2 rings (SSSR count). The van der Waals surface area contributed by atoms with Gasteiger partial charge in [-0.15, -0.1) is 0 Å². The van der Waals surface area contributed by atoms with Crippen LogP contribution in [-0.2, 0) is 16.1 Å². The van der Waals surface area contributed by atoms with Crippen LogP contribution in [-0.4, -0.2) is 11.9 Å². The minimum atomic E-state index is -0.413. The molecule has 2 aromatic carbocycles. The minimum absolute atomic E-state index is 0.0881. The second-order valence-corrected chi connectivity index (χ2v) is 5.29. The Morgan fingerprint density at radius 3 is 2.45 bits per heavy atom. The van der Waals surface area contributed by atoms with Gasteiger partial charge in [-0.25, -0.2) is 4.79 Å². The van der Waals surface area contributed by atoms with Gasteiger partial charge in [0.1, 0.15) is 6.61 Å². The Morgan fingerprint density at radius 1 is 1.05 bits per heavy atom. The van der Waals surface area contributed by atoms with E-state index in [1.54, 1.807) is 24.3 Å². The quantitative estimate of drug-likeness (QED) is 0.857. The lowest BCUT2D eigenvalue weighted by atomic mass is 10.1. The Balaban J connectivity index is 1.99. The van der Waals surface area contributed by atoms with Gasteiger partial charge in [-0.2, -0.15) is 0 Å². The molecule has 0 aliphatic carbocycles. The van der Waals surface area contributed by atoms with E-state index in [1.807, 2.05) is 44.2 Å². The zero-order valence-electron chi connectivity index (χ0n) is 12.7. The van der Waals surface area contributed by atoms with Crippen molar-refractivity contribution in [3.05, 3.63) is 65.7 Å². The monoisotopic (exact) mass is 297 g/mol. The van der Waals surface area contributed by atoms with Crippen molar-refractivity contribution >= 4 is 17.6 Å². The number of hydrogen-bond donors (Lipinski definition) is 1. The summed E-state index contributed by atoms with van der Waals surface area (Å²) < 4.78 is 5.27. The van der Waals surface area contributed by atoms with Gasteiger partial charge in [-0.05, 0) is 23.8 Å². The molecular formula is C18H19NO3. The van der Waals surface area contributed by atoms with E-state index in [0.717, 1.165) is 5.56 Å². The fraction of sp³-hybridized carbons (Fsp3) is 0.222. The zero-order chi connectivity index (χ0) is 15.9. The number of esters is 1. The van der Waals surface area contributed by atoms with E-state index in [2.05, 4.69) is 5.32 Å². The molecule has 2 aromatic rings. The zero-order valence-corrected chi connectivity index (χ0v) is 12.7. The van der Waals surface area contributed by atoms with Gasteiger partial charge in [0, 0.05) is 11.6 Å². The molecule has 4 heteroatoms. The van der Waals surface area contributed by atoms with Crippen LogP contribution in [0.15, 0.2) is 54.6 Å². The van der Waals surface area contributed by atoms with E-state index in [-0.39, 0.29) is 18.4 Å². The summed E-state index contributed by atoms with van der Waals surface area (Å²) in [5, 5.41) is 2.76. The van der Waals surface area contributed by atoms with Crippen molar-refractivity contribution < 1.29 is 14.3 Å². The van der Waals surface area contributed by atoms with Gasteiger partial charge in [0.2, 0.25) is 5.91 Å². The molecule has 4 nitrogen and oxygen atoms in total. The van der Waals surface area contributed by atoms with Gasteiger partial charge in [-0.3, -0.25) is 4.79 Å². The number of hydrogen-bond acceptors (Lipinski definition) is 3. The van der Waals surface area contributed by atoms with Crippen LogP contribution in [0.2, 0.25) is 0 Å².